The van der Waals surface area contributed by atoms with Gasteiger partial charge in [0.05, 0.1) is 18.7 Å². The van der Waals surface area contributed by atoms with E-state index < -0.39 is 16.2 Å². The fraction of sp³-hybridized carbons (Fsp3) is 0.341. The van der Waals surface area contributed by atoms with Crippen molar-refractivity contribution in [1.82, 2.24) is 29.5 Å². The molecule has 50 heavy (non-hydrogen) atoms. The van der Waals surface area contributed by atoms with Gasteiger partial charge >= 0.3 is 0 Å². The lowest BCUT2D eigenvalue weighted by Crippen LogP contribution is -2.24. The van der Waals surface area contributed by atoms with Crippen LogP contribution in [0.15, 0.2) is 85.7 Å². The Morgan fingerprint density at radius 2 is 1.58 bits per heavy atom. The highest BCUT2D eigenvalue weighted by Gasteiger charge is 2.30. The van der Waals surface area contributed by atoms with Crippen molar-refractivity contribution in [3.63, 3.8) is 0 Å². The number of aryl methyl sites for hydroxylation is 1. The molecule has 0 atom stereocenters. The first-order valence-corrected chi connectivity index (χ1v) is 16.9. The van der Waals surface area contributed by atoms with E-state index in [9.17, 15) is 4.39 Å². The van der Waals surface area contributed by atoms with Gasteiger partial charge in [0.15, 0.2) is 5.82 Å². The molecular formula is C41H46F2N6O. The first-order chi connectivity index (χ1) is 23.5. The predicted molar refractivity (Wildman–Crippen MR) is 195 cm³/mol. The second kappa shape index (κ2) is 13.0. The van der Waals surface area contributed by atoms with Gasteiger partial charge in [-0.2, -0.15) is 10.2 Å². The summed E-state index contributed by atoms with van der Waals surface area (Å²) in [6.07, 6.45) is 9.59. The van der Waals surface area contributed by atoms with E-state index in [1.165, 1.54) is 6.07 Å². The van der Waals surface area contributed by atoms with E-state index in [2.05, 4.69) is 41.2 Å². The Balaban J connectivity index is 1.34. The highest BCUT2D eigenvalue weighted by molar-refractivity contribution is 5.68. The Labute approximate surface area is 293 Å². The van der Waals surface area contributed by atoms with Gasteiger partial charge in [-0.25, -0.2) is 18.4 Å². The number of aromatic nitrogens is 6. The molecule has 7 nitrogen and oxygen atoms in total. The summed E-state index contributed by atoms with van der Waals surface area (Å²) in [5, 5.41) is 11.8. The van der Waals surface area contributed by atoms with E-state index in [0.717, 1.165) is 33.5 Å². The first-order valence-electron chi connectivity index (χ1n) is 16.9. The number of imidazole rings is 1. The van der Waals surface area contributed by atoms with Gasteiger partial charge in [-0.1, -0.05) is 85.7 Å². The van der Waals surface area contributed by atoms with Crippen molar-refractivity contribution < 1.29 is 13.5 Å². The largest absolute Gasteiger partial charge is 0.487 e. The van der Waals surface area contributed by atoms with Crippen molar-refractivity contribution in [2.45, 2.75) is 84.7 Å². The second-order valence-corrected chi connectivity index (χ2v) is 15.8. The van der Waals surface area contributed by atoms with Crippen LogP contribution in [0.1, 0.15) is 83.3 Å². The third kappa shape index (κ3) is 6.86. The molecule has 0 saturated carbocycles. The number of hydrogen-bond acceptors (Lipinski definition) is 4. The summed E-state index contributed by atoms with van der Waals surface area (Å²) < 4.78 is 41.2. The molecule has 0 bridgehead atoms. The number of H-pyrrole nitrogens is 1. The molecule has 9 heteroatoms. The summed E-state index contributed by atoms with van der Waals surface area (Å²) in [6, 6.07) is 17.0. The first kappa shape index (κ1) is 34.8. The quantitative estimate of drug-likeness (QED) is 0.166. The van der Waals surface area contributed by atoms with Crippen molar-refractivity contribution in [2.75, 3.05) is 0 Å². The number of ether oxygens (including phenoxy) is 1. The molecule has 0 aliphatic rings. The molecule has 0 saturated heterocycles. The maximum Gasteiger partial charge on any atom is 0.178 e. The molecule has 3 aromatic heterocycles. The van der Waals surface area contributed by atoms with Crippen LogP contribution in [0.3, 0.4) is 0 Å². The maximum absolute atomic E-state index is 16.5. The third-order valence-electron chi connectivity index (χ3n) is 9.31. The van der Waals surface area contributed by atoms with Crippen LogP contribution < -0.4 is 4.74 Å². The number of nitrogens with zero attached hydrogens (tertiary/aromatic N) is 5. The van der Waals surface area contributed by atoms with Crippen LogP contribution in [0, 0.1) is 11.6 Å². The van der Waals surface area contributed by atoms with Crippen molar-refractivity contribution in [3.8, 4) is 33.8 Å². The summed E-state index contributed by atoms with van der Waals surface area (Å²) in [4.78, 5) is 4.64. The summed E-state index contributed by atoms with van der Waals surface area (Å²) in [6.45, 7) is 16.5. The van der Waals surface area contributed by atoms with E-state index in [-0.39, 0.29) is 18.2 Å². The molecule has 0 aliphatic carbocycles. The Kier molecular flexibility index (Phi) is 9.05. The topological polar surface area (TPSA) is 73.5 Å². The highest BCUT2D eigenvalue weighted by Crippen LogP contribution is 2.39. The molecule has 0 unspecified atom stereocenters. The summed E-state index contributed by atoms with van der Waals surface area (Å²) in [5.74, 6) is 0.618. The van der Waals surface area contributed by atoms with E-state index in [4.69, 9.17) is 9.84 Å². The van der Waals surface area contributed by atoms with Crippen LogP contribution in [0.4, 0.5) is 8.78 Å². The Hall–Kier alpha value is -5.05. The molecule has 6 aromatic rings. The Morgan fingerprint density at radius 1 is 0.820 bits per heavy atom. The van der Waals surface area contributed by atoms with Crippen molar-refractivity contribution >= 4 is 0 Å². The van der Waals surface area contributed by atoms with Crippen LogP contribution in [0.25, 0.3) is 28.1 Å². The van der Waals surface area contributed by atoms with Gasteiger partial charge in [0.2, 0.25) is 0 Å². The van der Waals surface area contributed by atoms with Gasteiger partial charge in [-0.05, 0) is 74.7 Å². The fourth-order valence-corrected chi connectivity index (χ4v) is 6.71. The average molecular weight is 677 g/mol. The van der Waals surface area contributed by atoms with E-state index in [1.54, 1.807) is 29.3 Å². The lowest BCUT2D eigenvalue weighted by molar-refractivity contribution is 0.285. The minimum atomic E-state index is -0.439. The highest BCUT2D eigenvalue weighted by atomic mass is 19.1. The van der Waals surface area contributed by atoms with Crippen LogP contribution in [0.2, 0.25) is 0 Å². The number of aromatic amines is 1. The predicted octanol–water partition coefficient (Wildman–Crippen LogP) is 9.64. The second-order valence-electron chi connectivity index (χ2n) is 15.8. The number of halogens is 2. The SMILES string of the molecule is Cn1cnc(-n2cc(-c3cc(CC(C)(C)c4ccccc4-c4cn[nH]c4)c(F)c(C(C)(C)C)c3)cn2)c1COc1cccc(F)c1C(C)(C)C. The fourth-order valence-electron chi connectivity index (χ4n) is 6.71. The van der Waals surface area contributed by atoms with Gasteiger partial charge in [-0.15, -0.1) is 0 Å². The van der Waals surface area contributed by atoms with Crippen molar-refractivity contribution in [3.05, 3.63) is 125 Å². The summed E-state index contributed by atoms with van der Waals surface area (Å²) in [5.41, 5.74) is 6.22. The minimum absolute atomic E-state index is 0.164. The van der Waals surface area contributed by atoms with E-state index in [1.807, 2.05) is 96.0 Å². The molecule has 0 radical (unpaired) electrons. The van der Waals surface area contributed by atoms with Gasteiger partial charge in [0.1, 0.15) is 29.7 Å². The molecule has 6 rings (SSSR count). The zero-order valence-electron chi connectivity index (χ0n) is 30.4. The van der Waals surface area contributed by atoms with Crippen LogP contribution in [0.5, 0.6) is 5.75 Å². The number of benzene rings is 3. The Morgan fingerprint density at radius 3 is 2.28 bits per heavy atom. The normalized spacial score (nSPS) is 12.5. The van der Waals surface area contributed by atoms with Gasteiger partial charge < -0.3 is 9.30 Å². The number of rotatable bonds is 9. The van der Waals surface area contributed by atoms with Gasteiger partial charge in [0.25, 0.3) is 0 Å². The zero-order valence-corrected chi connectivity index (χ0v) is 30.4. The Bertz CT molecular complexity index is 2130. The van der Waals surface area contributed by atoms with E-state index in [0.29, 0.717) is 34.7 Å². The standard InChI is InChI=1S/C41H46F2N6O/c1-39(2,3)32-18-26(17-27(37(32)43)19-41(7,8)31-14-11-10-13-30(31)28-20-45-46-21-28)29-22-47-49(23-29)38-34(48(9)25-44-38)24-50-35-16-12-15-33(42)36(35)40(4,5)6/h10-18,20-23,25H,19,24H2,1-9H3,(H,45,46). The van der Waals surface area contributed by atoms with Crippen LogP contribution >= 0.6 is 0 Å². The molecular weight excluding hydrogens is 630 g/mol. The lowest BCUT2D eigenvalue weighted by Gasteiger charge is -2.30. The van der Waals surface area contributed by atoms with Crippen LogP contribution in [-0.2, 0) is 36.3 Å². The smallest absolute Gasteiger partial charge is 0.178 e. The van der Waals surface area contributed by atoms with Crippen molar-refractivity contribution in [2.24, 2.45) is 7.05 Å². The van der Waals surface area contributed by atoms with Crippen LogP contribution in [-0.4, -0.2) is 29.5 Å². The molecule has 0 fully saturated rings. The average Bonchev–Trinajstić information content (AvgIpc) is 3.82. The minimum Gasteiger partial charge on any atom is -0.487 e. The van der Waals surface area contributed by atoms with E-state index >= 15 is 4.39 Å². The third-order valence-corrected chi connectivity index (χ3v) is 9.31. The number of nitrogens with one attached hydrogen (secondary N) is 1. The monoisotopic (exact) mass is 676 g/mol. The molecule has 0 spiro atoms. The molecule has 0 amide bonds. The van der Waals surface area contributed by atoms with Gasteiger partial charge in [-0.3, -0.25) is 5.10 Å². The molecule has 3 heterocycles. The van der Waals surface area contributed by atoms with Crippen molar-refractivity contribution in [1.29, 1.82) is 0 Å². The van der Waals surface area contributed by atoms with Gasteiger partial charge in [0, 0.05) is 36.1 Å². The zero-order chi connectivity index (χ0) is 36.0. The molecule has 0 aliphatic heterocycles. The molecule has 1 N–H and O–H groups in total. The maximum atomic E-state index is 16.5. The molecule has 3 aromatic carbocycles. The summed E-state index contributed by atoms with van der Waals surface area (Å²) >= 11 is 0. The number of hydrogen-bond donors (Lipinski definition) is 1. The lowest BCUT2D eigenvalue weighted by atomic mass is 9.74. The molecule has 260 valence electrons. The summed E-state index contributed by atoms with van der Waals surface area (Å²) in [7, 11) is 1.89.